The van der Waals surface area contributed by atoms with E-state index in [1.54, 1.807) is 0 Å². The van der Waals surface area contributed by atoms with Gasteiger partial charge >= 0.3 is 5.97 Å². The van der Waals surface area contributed by atoms with Crippen LogP contribution >= 0.6 is 0 Å². The number of carbonyl (C=O) groups is 1. The van der Waals surface area contributed by atoms with Crippen molar-refractivity contribution in [2.45, 2.75) is 17.6 Å². The molecule has 0 radical (unpaired) electrons. The summed E-state index contributed by atoms with van der Waals surface area (Å²) in [5, 5.41) is 21.5. The Hall–Kier alpha value is -1.13. The standard InChI is InChI=1S/C16H17NO3/c17-15(13(18)19)11-7-5-6-9-8-3-1-2-4-14(15,10(7)9)16(8,20)12(6)11/h1-4,6-12,20H,5,17H2,(H,18,19)/t6-,7+,8+,9-,10-,11-,12+,14+,15-,16-/m1/s1. The van der Waals surface area contributed by atoms with Crippen molar-refractivity contribution >= 4 is 5.97 Å². The van der Waals surface area contributed by atoms with Gasteiger partial charge in [0.2, 0.25) is 0 Å². The molecular formula is C16H17NO3. The minimum Gasteiger partial charge on any atom is -0.480 e. The molecule has 104 valence electrons. The van der Waals surface area contributed by atoms with Gasteiger partial charge < -0.3 is 15.9 Å². The van der Waals surface area contributed by atoms with E-state index in [0.29, 0.717) is 17.8 Å². The van der Waals surface area contributed by atoms with Gasteiger partial charge in [-0.05, 0) is 41.9 Å². The second kappa shape index (κ2) is 2.42. The van der Waals surface area contributed by atoms with Gasteiger partial charge in [-0.25, -0.2) is 0 Å². The summed E-state index contributed by atoms with van der Waals surface area (Å²) in [5.41, 5.74) is 3.64. The first-order valence-electron chi connectivity index (χ1n) is 7.62. The van der Waals surface area contributed by atoms with Crippen LogP contribution < -0.4 is 5.73 Å². The number of carboxylic acid groups (broad SMARTS) is 1. The molecule has 0 aromatic carbocycles. The summed E-state index contributed by atoms with van der Waals surface area (Å²) in [7, 11) is 0. The maximum Gasteiger partial charge on any atom is 0.325 e. The van der Waals surface area contributed by atoms with E-state index in [-0.39, 0.29) is 23.7 Å². The highest BCUT2D eigenvalue weighted by molar-refractivity contribution is 5.85. The quantitative estimate of drug-likeness (QED) is 0.644. The first-order valence-corrected chi connectivity index (χ1v) is 7.62. The number of carboxylic acids is 1. The van der Waals surface area contributed by atoms with Gasteiger partial charge in [0.05, 0.1) is 11.0 Å². The van der Waals surface area contributed by atoms with Gasteiger partial charge in [0.15, 0.2) is 0 Å². The van der Waals surface area contributed by atoms with Crippen molar-refractivity contribution in [3.8, 4) is 0 Å². The first kappa shape index (κ1) is 10.6. The maximum absolute atomic E-state index is 12.1. The fourth-order valence-electron chi connectivity index (χ4n) is 8.40. The third kappa shape index (κ3) is 0.563. The zero-order valence-corrected chi connectivity index (χ0v) is 10.9. The summed E-state index contributed by atoms with van der Waals surface area (Å²) in [6.07, 6.45) is 9.07. The third-order valence-corrected chi connectivity index (χ3v) is 8.20. The summed E-state index contributed by atoms with van der Waals surface area (Å²) >= 11 is 0. The molecule has 1 spiro atoms. The minimum atomic E-state index is -1.28. The fourth-order valence-corrected chi connectivity index (χ4v) is 8.40. The lowest BCUT2D eigenvalue weighted by atomic mass is 9.59. The third-order valence-electron chi connectivity index (χ3n) is 8.20. The Morgan fingerprint density at radius 3 is 2.75 bits per heavy atom. The smallest absolute Gasteiger partial charge is 0.325 e. The van der Waals surface area contributed by atoms with Gasteiger partial charge in [-0.1, -0.05) is 24.3 Å². The van der Waals surface area contributed by atoms with E-state index in [2.05, 4.69) is 6.08 Å². The molecule has 0 saturated heterocycles. The lowest BCUT2D eigenvalue weighted by Gasteiger charge is -2.47. The van der Waals surface area contributed by atoms with E-state index in [4.69, 9.17) is 5.73 Å². The lowest BCUT2D eigenvalue weighted by Crippen LogP contribution is -2.63. The molecule has 6 fully saturated rings. The highest BCUT2D eigenvalue weighted by atomic mass is 16.4. The second-order valence-corrected chi connectivity index (χ2v) is 7.86. The topological polar surface area (TPSA) is 83.6 Å². The molecule has 7 aliphatic carbocycles. The highest BCUT2D eigenvalue weighted by Gasteiger charge is 2.98. The highest BCUT2D eigenvalue weighted by Crippen LogP contribution is 2.92. The zero-order valence-electron chi connectivity index (χ0n) is 10.9. The summed E-state index contributed by atoms with van der Waals surface area (Å²) in [6.45, 7) is 0. The molecule has 0 aromatic rings. The van der Waals surface area contributed by atoms with Gasteiger partial charge in [0.25, 0.3) is 0 Å². The molecule has 4 heteroatoms. The van der Waals surface area contributed by atoms with Crippen molar-refractivity contribution in [3.63, 3.8) is 0 Å². The number of allylic oxidation sites excluding steroid dienone is 2. The van der Waals surface area contributed by atoms with Crippen molar-refractivity contribution < 1.29 is 15.0 Å². The van der Waals surface area contributed by atoms with Crippen molar-refractivity contribution in [2.75, 3.05) is 0 Å². The van der Waals surface area contributed by atoms with Gasteiger partial charge in [-0.15, -0.1) is 0 Å². The van der Waals surface area contributed by atoms with Crippen LogP contribution in [0, 0.1) is 46.8 Å². The number of aliphatic carboxylic acids is 1. The first-order chi connectivity index (χ1) is 9.51. The van der Waals surface area contributed by atoms with Crippen LogP contribution in [-0.4, -0.2) is 27.3 Å². The molecule has 20 heavy (non-hydrogen) atoms. The van der Waals surface area contributed by atoms with E-state index in [1.807, 2.05) is 18.2 Å². The Bertz CT molecular complexity index is 656. The molecule has 0 aromatic heterocycles. The van der Waals surface area contributed by atoms with E-state index >= 15 is 0 Å². The predicted molar refractivity (Wildman–Crippen MR) is 69.3 cm³/mol. The average molecular weight is 271 g/mol. The number of hydrogen-bond acceptors (Lipinski definition) is 3. The summed E-state index contributed by atoms with van der Waals surface area (Å²) in [4.78, 5) is 12.1. The molecule has 0 unspecified atom stereocenters. The number of rotatable bonds is 1. The summed E-state index contributed by atoms with van der Waals surface area (Å²) in [5.74, 6) is 0.911. The Morgan fingerprint density at radius 2 is 2.00 bits per heavy atom. The van der Waals surface area contributed by atoms with Crippen molar-refractivity contribution in [3.05, 3.63) is 24.3 Å². The van der Waals surface area contributed by atoms with E-state index < -0.39 is 22.5 Å². The van der Waals surface area contributed by atoms with Crippen molar-refractivity contribution in [1.82, 2.24) is 0 Å². The van der Waals surface area contributed by atoms with Gasteiger partial charge in [-0.3, -0.25) is 4.79 Å². The lowest BCUT2D eigenvalue weighted by molar-refractivity contribution is -0.152. The van der Waals surface area contributed by atoms with Gasteiger partial charge in [0.1, 0.15) is 5.54 Å². The van der Waals surface area contributed by atoms with Gasteiger partial charge in [0, 0.05) is 5.92 Å². The van der Waals surface area contributed by atoms with Crippen LogP contribution in [0.3, 0.4) is 0 Å². The molecule has 6 saturated carbocycles. The minimum absolute atomic E-state index is 0.0302. The Morgan fingerprint density at radius 1 is 1.20 bits per heavy atom. The normalized spacial score (nSPS) is 72.4. The molecule has 4 nitrogen and oxygen atoms in total. The largest absolute Gasteiger partial charge is 0.480 e. The predicted octanol–water partition coefficient (Wildman–Crippen LogP) is 0.383. The Balaban J connectivity index is 1.79. The maximum atomic E-state index is 12.1. The van der Waals surface area contributed by atoms with Crippen LogP contribution in [0.15, 0.2) is 24.3 Å². The number of hydrogen-bond donors (Lipinski definition) is 3. The van der Waals surface area contributed by atoms with Crippen molar-refractivity contribution in [2.24, 2.45) is 52.6 Å². The van der Waals surface area contributed by atoms with Crippen LogP contribution in [0.1, 0.15) is 6.42 Å². The summed E-state index contributed by atoms with van der Waals surface area (Å²) < 4.78 is 0. The Kier molecular flexibility index (Phi) is 1.28. The molecule has 0 heterocycles. The SMILES string of the molecule is N[C@@]1(C(=O)O)[C@@H]2[C@H]3C[C@@H]4[C@H]5[C@@H]3[C@@]13C=CC=C[C@@H]5[C@@]3(O)[C@@H]42. The van der Waals surface area contributed by atoms with E-state index in [9.17, 15) is 15.0 Å². The molecular weight excluding hydrogens is 254 g/mol. The van der Waals surface area contributed by atoms with Crippen LogP contribution in [0.5, 0.6) is 0 Å². The van der Waals surface area contributed by atoms with E-state index in [0.717, 1.165) is 6.42 Å². The molecule has 10 atom stereocenters. The van der Waals surface area contributed by atoms with Crippen LogP contribution in [0.25, 0.3) is 0 Å². The molecule has 0 amide bonds. The second-order valence-electron chi connectivity index (χ2n) is 7.86. The fraction of sp³-hybridized carbons (Fsp3) is 0.688. The molecule has 0 aliphatic heterocycles. The van der Waals surface area contributed by atoms with Crippen LogP contribution in [0.4, 0.5) is 0 Å². The van der Waals surface area contributed by atoms with Crippen LogP contribution in [0.2, 0.25) is 0 Å². The van der Waals surface area contributed by atoms with Crippen molar-refractivity contribution in [1.29, 1.82) is 0 Å². The average Bonchev–Trinajstić information content (AvgIpc) is 3.02. The molecule has 4 N–H and O–H groups in total. The van der Waals surface area contributed by atoms with E-state index in [1.165, 1.54) is 0 Å². The number of aliphatic hydroxyl groups is 1. The number of nitrogens with two attached hydrogens (primary N) is 1. The monoisotopic (exact) mass is 271 g/mol. The molecule has 7 bridgehead atoms. The molecule has 7 rings (SSSR count). The van der Waals surface area contributed by atoms with Gasteiger partial charge in [-0.2, -0.15) is 0 Å². The summed E-state index contributed by atoms with van der Waals surface area (Å²) in [6, 6.07) is 0. The van der Waals surface area contributed by atoms with Crippen LogP contribution in [-0.2, 0) is 4.79 Å². The Labute approximate surface area is 116 Å². The molecule has 7 aliphatic rings. The zero-order chi connectivity index (χ0) is 13.7.